The zero-order valence-corrected chi connectivity index (χ0v) is 19.4. The number of nitrogens with zero attached hydrogens (tertiary/aromatic N) is 4. The van der Waals surface area contributed by atoms with Crippen molar-refractivity contribution in [3.05, 3.63) is 79.8 Å². The maximum Gasteiger partial charge on any atom is 0.354 e. The number of halogens is 1. The number of anilines is 2. The Labute approximate surface area is 199 Å². The predicted molar refractivity (Wildman–Crippen MR) is 129 cm³/mol. The van der Waals surface area contributed by atoms with Gasteiger partial charge in [0.25, 0.3) is 0 Å². The molecule has 0 spiro atoms. The van der Waals surface area contributed by atoms with E-state index in [2.05, 4.69) is 20.3 Å². The summed E-state index contributed by atoms with van der Waals surface area (Å²) in [6.45, 7) is 3.76. The first kappa shape index (κ1) is 23.2. The van der Waals surface area contributed by atoms with Gasteiger partial charge in [0.15, 0.2) is 0 Å². The summed E-state index contributed by atoms with van der Waals surface area (Å²) < 4.78 is 7.18. The van der Waals surface area contributed by atoms with Crippen LogP contribution >= 0.6 is 11.6 Å². The van der Waals surface area contributed by atoms with Gasteiger partial charge in [0.2, 0.25) is 5.95 Å². The monoisotopic (exact) mass is 482 g/mol. The van der Waals surface area contributed by atoms with E-state index in [1.165, 1.54) is 4.57 Å². The number of carbonyl (C=O) groups is 1. The first-order valence-electron chi connectivity index (χ1n) is 10.7. The summed E-state index contributed by atoms with van der Waals surface area (Å²) in [5.74, 6) is 0.352. The molecular weight excluding hydrogens is 460 g/mol. The van der Waals surface area contributed by atoms with Crippen LogP contribution < -0.4 is 16.7 Å². The maximum absolute atomic E-state index is 13.3. The average Bonchev–Trinajstić information content (AvgIpc) is 3.17. The first-order valence-corrected chi connectivity index (χ1v) is 11.1. The van der Waals surface area contributed by atoms with Gasteiger partial charge in [0.1, 0.15) is 5.82 Å². The number of aromatic nitrogens is 5. The van der Waals surface area contributed by atoms with E-state index in [-0.39, 0.29) is 32.1 Å². The normalized spacial score (nSPS) is 11.0. The van der Waals surface area contributed by atoms with Crippen LogP contribution in [-0.2, 0) is 22.6 Å². The third-order valence-corrected chi connectivity index (χ3v) is 5.36. The third-order valence-electron chi connectivity index (χ3n) is 5.11. The van der Waals surface area contributed by atoms with E-state index in [0.717, 1.165) is 27.0 Å². The maximum atomic E-state index is 13.3. The van der Waals surface area contributed by atoms with Gasteiger partial charge in [-0.3, -0.25) is 9.36 Å². The SMILES string of the molecule is CCOC(=O)CCn1c(=O)nc(Nc2ccc3nc(C)[nH]c3c2)n(Cc2ccc(Cl)cc2)c1=O. The molecule has 0 radical (unpaired) electrons. The van der Waals surface area contributed by atoms with Crippen molar-refractivity contribution in [1.82, 2.24) is 24.1 Å². The molecule has 4 aromatic rings. The number of imidazole rings is 1. The van der Waals surface area contributed by atoms with Crippen molar-refractivity contribution in [3.63, 3.8) is 0 Å². The molecule has 176 valence electrons. The highest BCUT2D eigenvalue weighted by atomic mass is 35.5. The van der Waals surface area contributed by atoms with Crippen LogP contribution in [0.3, 0.4) is 0 Å². The van der Waals surface area contributed by atoms with Crippen LogP contribution in [0, 0.1) is 6.92 Å². The standard InChI is InChI=1S/C23H23ClN6O4/c1-3-34-20(31)10-11-29-22(32)28-21(27-17-8-9-18-19(12-17)26-14(2)25-18)30(23(29)33)13-15-4-6-16(24)7-5-15/h4-9,12H,3,10-11,13H2,1-2H3,(H,25,26)(H,27,28,32). The zero-order valence-electron chi connectivity index (χ0n) is 18.7. The van der Waals surface area contributed by atoms with Gasteiger partial charge in [-0.2, -0.15) is 4.98 Å². The lowest BCUT2D eigenvalue weighted by Gasteiger charge is -2.15. The Kier molecular flexibility index (Phi) is 6.78. The van der Waals surface area contributed by atoms with E-state index in [1.807, 2.05) is 19.1 Å². The van der Waals surface area contributed by atoms with Crippen LogP contribution in [-0.4, -0.2) is 36.7 Å². The summed E-state index contributed by atoms with van der Waals surface area (Å²) in [6, 6.07) is 12.4. The molecule has 0 fully saturated rings. The predicted octanol–water partition coefficient (Wildman–Crippen LogP) is 2.99. The molecule has 2 aromatic carbocycles. The minimum absolute atomic E-state index is 0.0768. The molecule has 0 aliphatic carbocycles. The molecule has 0 saturated heterocycles. The van der Waals surface area contributed by atoms with Crippen molar-refractivity contribution in [1.29, 1.82) is 0 Å². The molecule has 0 aliphatic heterocycles. The van der Waals surface area contributed by atoms with Crippen LogP contribution in [0.4, 0.5) is 11.6 Å². The second kappa shape index (κ2) is 9.92. The second-order valence-electron chi connectivity index (χ2n) is 7.60. The molecule has 2 N–H and O–H groups in total. The zero-order chi connectivity index (χ0) is 24.2. The largest absolute Gasteiger partial charge is 0.466 e. The van der Waals surface area contributed by atoms with E-state index in [9.17, 15) is 14.4 Å². The molecule has 0 amide bonds. The van der Waals surface area contributed by atoms with E-state index in [1.54, 1.807) is 37.3 Å². The lowest BCUT2D eigenvalue weighted by atomic mass is 10.2. The van der Waals surface area contributed by atoms with Crippen molar-refractivity contribution in [2.45, 2.75) is 33.4 Å². The van der Waals surface area contributed by atoms with Crippen molar-refractivity contribution in [2.75, 3.05) is 11.9 Å². The smallest absolute Gasteiger partial charge is 0.354 e. The number of benzene rings is 2. The summed E-state index contributed by atoms with van der Waals surface area (Å²) in [4.78, 5) is 49.4. The van der Waals surface area contributed by atoms with Crippen molar-refractivity contribution in [2.24, 2.45) is 0 Å². The van der Waals surface area contributed by atoms with Crippen molar-refractivity contribution < 1.29 is 9.53 Å². The lowest BCUT2D eigenvalue weighted by molar-refractivity contribution is -0.143. The van der Waals surface area contributed by atoms with Crippen LogP contribution in [0.5, 0.6) is 0 Å². The fourth-order valence-corrected chi connectivity index (χ4v) is 3.64. The molecule has 2 aromatic heterocycles. The van der Waals surface area contributed by atoms with Crippen LogP contribution in [0.1, 0.15) is 24.7 Å². The second-order valence-corrected chi connectivity index (χ2v) is 8.04. The van der Waals surface area contributed by atoms with Gasteiger partial charge in [0.05, 0.1) is 30.6 Å². The molecule has 2 heterocycles. The molecule has 0 bridgehead atoms. The Bertz CT molecular complexity index is 1460. The molecule has 0 aliphatic rings. The number of carbonyl (C=O) groups excluding carboxylic acids is 1. The van der Waals surface area contributed by atoms with Crippen molar-refractivity contribution in [3.8, 4) is 0 Å². The highest BCUT2D eigenvalue weighted by Crippen LogP contribution is 2.20. The number of hydrogen-bond donors (Lipinski definition) is 2. The quantitative estimate of drug-likeness (QED) is 0.370. The van der Waals surface area contributed by atoms with Gasteiger partial charge in [-0.25, -0.2) is 19.1 Å². The number of H-pyrrole nitrogens is 1. The summed E-state index contributed by atoms with van der Waals surface area (Å²) in [6.07, 6.45) is -0.117. The van der Waals surface area contributed by atoms with Gasteiger partial charge >= 0.3 is 17.3 Å². The fraction of sp³-hybridized carbons (Fsp3) is 0.261. The minimum Gasteiger partial charge on any atom is -0.466 e. The Hall–Kier alpha value is -3.92. The topological polar surface area (TPSA) is 124 Å². The summed E-state index contributed by atoms with van der Waals surface area (Å²) in [7, 11) is 0. The Morgan fingerprint density at radius 1 is 1.12 bits per heavy atom. The molecule has 34 heavy (non-hydrogen) atoms. The molecule has 0 saturated carbocycles. The van der Waals surface area contributed by atoms with Crippen molar-refractivity contribution >= 4 is 40.2 Å². The fourth-order valence-electron chi connectivity index (χ4n) is 3.51. The summed E-state index contributed by atoms with van der Waals surface area (Å²) >= 11 is 5.99. The Morgan fingerprint density at radius 2 is 1.88 bits per heavy atom. The number of esters is 1. The number of nitrogens with one attached hydrogen (secondary N) is 2. The summed E-state index contributed by atoms with van der Waals surface area (Å²) in [5.41, 5.74) is 1.65. The van der Waals surface area contributed by atoms with Gasteiger partial charge in [-0.1, -0.05) is 23.7 Å². The number of ether oxygens (including phenoxy) is 1. The van der Waals surface area contributed by atoms with Crippen LogP contribution in [0.15, 0.2) is 52.1 Å². The van der Waals surface area contributed by atoms with Gasteiger partial charge in [-0.15, -0.1) is 0 Å². The van der Waals surface area contributed by atoms with Gasteiger partial charge in [0, 0.05) is 17.3 Å². The van der Waals surface area contributed by atoms with E-state index < -0.39 is 17.3 Å². The Morgan fingerprint density at radius 3 is 2.62 bits per heavy atom. The first-order chi connectivity index (χ1) is 16.3. The van der Waals surface area contributed by atoms with E-state index >= 15 is 0 Å². The van der Waals surface area contributed by atoms with Gasteiger partial charge in [-0.05, 0) is 49.7 Å². The number of hydrogen-bond acceptors (Lipinski definition) is 7. The molecule has 4 rings (SSSR count). The average molecular weight is 483 g/mol. The number of aryl methyl sites for hydroxylation is 1. The third kappa shape index (κ3) is 5.18. The lowest BCUT2D eigenvalue weighted by Crippen LogP contribution is -2.43. The van der Waals surface area contributed by atoms with Gasteiger partial charge < -0.3 is 15.0 Å². The molecule has 11 heteroatoms. The van der Waals surface area contributed by atoms with Crippen LogP contribution in [0.2, 0.25) is 5.02 Å². The molecule has 0 atom stereocenters. The van der Waals surface area contributed by atoms with E-state index in [4.69, 9.17) is 16.3 Å². The summed E-state index contributed by atoms with van der Waals surface area (Å²) in [5, 5.41) is 3.64. The Balaban J connectivity index is 1.73. The minimum atomic E-state index is -0.761. The molecule has 0 unspecified atom stereocenters. The number of aromatic amines is 1. The number of rotatable bonds is 8. The number of fused-ring (bicyclic) bond motifs is 1. The van der Waals surface area contributed by atoms with Crippen LogP contribution in [0.25, 0.3) is 11.0 Å². The molecular formula is C23H23ClN6O4. The molecule has 10 nitrogen and oxygen atoms in total. The van der Waals surface area contributed by atoms with E-state index in [0.29, 0.717) is 10.7 Å². The highest BCUT2D eigenvalue weighted by Gasteiger charge is 2.16. The highest BCUT2D eigenvalue weighted by molar-refractivity contribution is 6.30.